The Morgan fingerprint density at radius 1 is 1.00 bits per heavy atom. The summed E-state index contributed by atoms with van der Waals surface area (Å²) in [6.45, 7) is 5.36. The molecule has 0 unspecified atom stereocenters. The van der Waals surface area contributed by atoms with Crippen molar-refractivity contribution in [2.24, 2.45) is 0 Å². The number of unbranched alkanes of at least 4 members (excludes halogenated alkanes) is 1. The normalized spacial score (nSPS) is 18.4. The first-order chi connectivity index (χ1) is 13.7. The monoisotopic (exact) mass is 381 g/mol. The highest BCUT2D eigenvalue weighted by Crippen LogP contribution is 2.42. The summed E-state index contributed by atoms with van der Waals surface area (Å²) in [5, 5.41) is 12.2. The van der Waals surface area contributed by atoms with Gasteiger partial charge in [-0.3, -0.25) is 0 Å². The van der Waals surface area contributed by atoms with Gasteiger partial charge in [0.05, 0.1) is 12.7 Å². The van der Waals surface area contributed by atoms with E-state index in [4.69, 9.17) is 4.74 Å². The Morgan fingerprint density at radius 2 is 1.68 bits per heavy atom. The third-order valence-electron chi connectivity index (χ3n) is 6.17. The van der Waals surface area contributed by atoms with E-state index in [1.807, 2.05) is 24.3 Å². The standard InChI is InChI=1S/C25H35NO2/c1-3-4-17-25(27,22-13-15-23(28-2)16-14-22)24(21-11-7-5-8-12-21)20-26-18-9-6-10-19-26/h5,7-8,11-16,24,27H,3-4,6,9-10,17-20H2,1-2H3/t24-,25+/m0/s1. The molecule has 2 aromatic rings. The van der Waals surface area contributed by atoms with Crippen molar-refractivity contribution in [1.29, 1.82) is 0 Å². The molecule has 0 aromatic heterocycles. The Morgan fingerprint density at radius 3 is 2.29 bits per heavy atom. The van der Waals surface area contributed by atoms with Crippen LogP contribution in [0.5, 0.6) is 5.75 Å². The van der Waals surface area contributed by atoms with E-state index < -0.39 is 5.60 Å². The van der Waals surface area contributed by atoms with Crippen molar-refractivity contribution in [1.82, 2.24) is 4.90 Å². The van der Waals surface area contributed by atoms with Gasteiger partial charge < -0.3 is 14.7 Å². The van der Waals surface area contributed by atoms with E-state index in [-0.39, 0.29) is 5.92 Å². The first-order valence-corrected chi connectivity index (χ1v) is 10.8. The Kier molecular flexibility index (Phi) is 7.52. The van der Waals surface area contributed by atoms with Crippen LogP contribution >= 0.6 is 0 Å². The van der Waals surface area contributed by atoms with E-state index in [9.17, 15) is 5.11 Å². The minimum atomic E-state index is -0.888. The van der Waals surface area contributed by atoms with Crippen LogP contribution in [0.3, 0.4) is 0 Å². The average Bonchev–Trinajstić information content (AvgIpc) is 2.77. The quantitative estimate of drug-likeness (QED) is 0.636. The smallest absolute Gasteiger partial charge is 0.118 e. The fraction of sp³-hybridized carbons (Fsp3) is 0.520. The van der Waals surface area contributed by atoms with Gasteiger partial charge in [-0.25, -0.2) is 0 Å². The zero-order valence-electron chi connectivity index (χ0n) is 17.4. The van der Waals surface area contributed by atoms with Crippen LogP contribution in [0.25, 0.3) is 0 Å². The van der Waals surface area contributed by atoms with Crippen molar-refractivity contribution in [3.63, 3.8) is 0 Å². The molecule has 2 aromatic carbocycles. The molecular formula is C25H35NO2. The number of methoxy groups -OCH3 is 1. The van der Waals surface area contributed by atoms with Crippen LogP contribution < -0.4 is 4.74 Å². The van der Waals surface area contributed by atoms with Gasteiger partial charge in [0, 0.05) is 12.5 Å². The minimum Gasteiger partial charge on any atom is -0.497 e. The Hall–Kier alpha value is -1.84. The topological polar surface area (TPSA) is 32.7 Å². The first-order valence-electron chi connectivity index (χ1n) is 10.8. The maximum Gasteiger partial charge on any atom is 0.118 e. The van der Waals surface area contributed by atoms with Crippen molar-refractivity contribution in [2.75, 3.05) is 26.7 Å². The van der Waals surface area contributed by atoms with E-state index in [1.54, 1.807) is 7.11 Å². The van der Waals surface area contributed by atoms with E-state index in [2.05, 4.69) is 42.2 Å². The maximum absolute atomic E-state index is 12.2. The van der Waals surface area contributed by atoms with Crippen LogP contribution in [0.4, 0.5) is 0 Å². The van der Waals surface area contributed by atoms with Crippen LogP contribution in [-0.2, 0) is 5.60 Å². The number of ether oxygens (including phenoxy) is 1. The molecule has 3 rings (SSSR count). The van der Waals surface area contributed by atoms with Crippen LogP contribution in [0.1, 0.15) is 62.5 Å². The Balaban J connectivity index is 1.98. The SMILES string of the molecule is CCCC[C@@](O)(c1ccc(OC)cc1)[C@@H](CN1CCCCC1)c1ccccc1. The summed E-state index contributed by atoms with van der Waals surface area (Å²) in [5.41, 5.74) is 1.33. The number of hydrogen-bond acceptors (Lipinski definition) is 3. The lowest BCUT2D eigenvalue weighted by Gasteiger charge is -2.41. The third-order valence-corrected chi connectivity index (χ3v) is 6.17. The van der Waals surface area contributed by atoms with Crippen LogP contribution in [-0.4, -0.2) is 36.8 Å². The second-order valence-electron chi connectivity index (χ2n) is 8.08. The second-order valence-corrected chi connectivity index (χ2v) is 8.08. The highest BCUT2D eigenvalue weighted by atomic mass is 16.5. The van der Waals surface area contributed by atoms with E-state index >= 15 is 0 Å². The van der Waals surface area contributed by atoms with Crippen molar-refractivity contribution in [3.8, 4) is 5.75 Å². The van der Waals surface area contributed by atoms with Crippen LogP contribution in [0.15, 0.2) is 54.6 Å². The molecule has 1 aliphatic heterocycles. The number of aliphatic hydroxyl groups is 1. The maximum atomic E-state index is 12.2. The largest absolute Gasteiger partial charge is 0.497 e. The molecule has 0 aliphatic carbocycles. The summed E-state index contributed by atoms with van der Waals surface area (Å²) < 4.78 is 5.34. The highest BCUT2D eigenvalue weighted by Gasteiger charge is 2.40. The first kappa shape index (κ1) is 20.9. The van der Waals surface area contributed by atoms with E-state index in [1.165, 1.54) is 24.8 Å². The summed E-state index contributed by atoms with van der Waals surface area (Å²) in [5.74, 6) is 0.876. The van der Waals surface area contributed by atoms with Gasteiger partial charge >= 0.3 is 0 Å². The molecule has 152 valence electrons. The molecule has 0 bridgehead atoms. The summed E-state index contributed by atoms with van der Waals surface area (Å²) in [6, 6.07) is 18.6. The van der Waals surface area contributed by atoms with Crippen molar-refractivity contribution < 1.29 is 9.84 Å². The van der Waals surface area contributed by atoms with Crippen molar-refractivity contribution in [2.45, 2.75) is 57.0 Å². The molecule has 3 heteroatoms. The Bertz CT molecular complexity index is 694. The fourth-order valence-corrected chi connectivity index (χ4v) is 4.46. The molecule has 1 fully saturated rings. The molecule has 0 saturated carbocycles. The van der Waals surface area contributed by atoms with Gasteiger partial charge in [0.25, 0.3) is 0 Å². The molecule has 1 aliphatic rings. The second kappa shape index (κ2) is 10.1. The van der Waals surface area contributed by atoms with Gasteiger partial charge in [0.15, 0.2) is 0 Å². The van der Waals surface area contributed by atoms with Gasteiger partial charge in [-0.15, -0.1) is 0 Å². The predicted octanol–water partition coefficient (Wildman–Crippen LogP) is 5.34. The van der Waals surface area contributed by atoms with Crippen molar-refractivity contribution in [3.05, 3.63) is 65.7 Å². The van der Waals surface area contributed by atoms with Gasteiger partial charge in [0.1, 0.15) is 5.75 Å². The lowest BCUT2D eigenvalue weighted by molar-refractivity contribution is -0.0164. The predicted molar refractivity (Wildman–Crippen MR) is 116 cm³/mol. The van der Waals surface area contributed by atoms with Gasteiger partial charge in [-0.05, 0) is 55.6 Å². The van der Waals surface area contributed by atoms with Gasteiger partial charge in [-0.2, -0.15) is 0 Å². The molecule has 3 nitrogen and oxygen atoms in total. The number of likely N-dealkylation sites (tertiary alicyclic amines) is 1. The van der Waals surface area contributed by atoms with E-state index in [0.717, 1.165) is 50.2 Å². The molecule has 28 heavy (non-hydrogen) atoms. The summed E-state index contributed by atoms with van der Waals surface area (Å²) >= 11 is 0. The lowest BCUT2D eigenvalue weighted by atomic mass is 9.74. The lowest BCUT2D eigenvalue weighted by Crippen LogP contribution is -2.42. The zero-order valence-corrected chi connectivity index (χ0v) is 17.4. The summed E-state index contributed by atoms with van der Waals surface area (Å²) in [4.78, 5) is 2.54. The third kappa shape index (κ3) is 4.95. The molecule has 0 radical (unpaired) electrons. The molecule has 0 spiro atoms. The summed E-state index contributed by atoms with van der Waals surface area (Å²) in [7, 11) is 1.68. The molecule has 0 amide bonds. The average molecular weight is 382 g/mol. The van der Waals surface area contributed by atoms with Crippen LogP contribution in [0.2, 0.25) is 0 Å². The zero-order chi connectivity index (χ0) is 19.8. The van der Waals surface area contributed by atoms with Crippen LogP contribution in [0, 0.1) is 0 Å². The highest BCUT2D eigenvalue weighted by molar-refractivity contribution is 5.35. The number of rotatable bonds is 9. The molecule has 2 atom stereocenters. The molecular weight excluding hydrogens is 346 g/mol. The Labute approximate surface area is 170 Å². The van der Waals surface area contributed by atoms with Crippen molar-refractivity contribution >= 4 is 0 Å². The number of nitrogens with zero attached hydrogens (tertiary/aromatic N) is 1. The minimum absolute atomic E-state index is 0.0479. The fourth-order valence-electron chi connectivity index (χ4n) is 4.46. The molecule has 1 heterocycles. The molecule has 1 saturated heterocycles. The van der Waals surface area contributed by atoms with Gasteiger partial charge in [0.2, 0.25) is 0 Å². The number of piperidine rings is 1. The number of hydrogen-bond donors (Lipinski definition) is 1. The van der Waals surface area contributed by atoms with E-state index in [0.29, 0.717) is 0 Å². The van der Waals surface area contributed by atoms with Gasteiger partial charge in [-0.1, -0.05) is 68.7 Å². The summed E-state index contributed by atoms with van der Waals surface area (Å²) in [6.07, 6.45) is 6.69. The number of benzene rings is 2. The molecule has 1 N–H and O–H groups in total.